The van der Waals surface area contributed by atoms with Crippen molar-refractivity contribution < 1.29 is 59.0 Å². The lowest BCUT2D eigenvalue weighted by Crippen LogP contribution is -2.58. The van der Waals surface area contributed by atoms with Crippen molar-refractivity contribution in [2.24, 2.45) is 0 Å². The molecule has 0 spiro atoms. The molecule has 0 aromatic heterocycles. The van der Waals surface area contributed by atoms with Gasteiger partial charge in [-0.15, -0.1) is 0 Å². The topological polar surface area (TPSA) is 97.4 Å². The number of methoxy groups -OCH3 is 1. The molecule has 1 saturated heterocycles. The first-order valence-electron chi connectivity index (χ1n) is 18.8. The number of amides is 3. The summed E-state index contributed by atoms with van der Waals surface area (Å²) in [6, 6.07) is 12.3. The fourth-order valence-corrected chi connectivity index (χ4v) is 7.60. The molecule has 2 atom stereocenters. The van der Waals surface area contributed by atoms with E-state index in [1.54, 1.807) is 37.3 Å². The van der Waals surface area contributed by atoms with Crippen molar-refractivity contribution in [1.82, 2.24) is 15.1 Å². The SMILES string of the molecule is COC(=O)/C(=C/C[C@]1(NC(=O)OCc2ccccc2)CCN(C(=O)N(C)Cc2cc(C(F)(F)F)cc(C(F)(F)F)c2)[C@@H](c2ccc(F)cc2C)C1)O[Si](C)(C)C(C)(C)C. The maximum Gasteiger partial charge on any atom is 0.416 e. The van der Waals surface area contributed by atoms with Gasteiger partial charge < -0.3 is 29.0 Å². The molecule has 1 N–H and O–H groups in total. The Bertz CT molecular complexity index is 1990. The molecule has 0 radical (unpaired) electrons. The molecule has 0 unspecified atom stereocenters. The summed E-state index contributed by atoms with van der Waals surface area (Å²) < 4.78 is 114. The Hall–Kier alpha value is -5.06. The molecular weight excluding hydrogens is 804 g/mol. The monoisotopic (exact) mass is 853 g/mol. The lowest BCUT2D eigenvalue weighted by atomic mass is 9.77. The summed E-state index contributed by atoms with van der Waals surface area (Å²) in [4.78, 5) is 43.4. The number of rotatable bonds is 11. The third kappa shape index (κ3) is 12.0. The molecule has 322 valence electrons. The van der Waals surface area contributed by atoms with Gasteiger partial charge in [0.05, 0.1) is 29.8 Å². The first kappa shape index (κ1) is 46.6. The van der Waals surface area contributed by atoms with Crippen LogP contribution >= 0.6 is 0 Å². The number of carbonyl (C=O) groups is 3. The molecule has 59 heavy (non-hydrogen) atoms. The molecule has 0 bridgehead atoms. The highest BCUT2D eigenvalue weighted by Crippen LogP contribution is 2.43. The number of likely N-dealkylation sites (tertiary alicyclic amines) is 1. The zero-order valence-electron chi connectivity index (χ0n) is 34.2. The minimum absolute atomic E-state index is 0.0120. The molecule has 4 rings (SSSR count). The van der Waals surface area contributed by atoms with E-state index in [2.05, 4.69) is 5.32 Å². The number of hydrogen-bond acceptors (Lipinski definition) is 6. The highest BCUT2D eigenvalue weighted by atomic mass is 28.4. The quantitative estimate of drug-likeness (QED) is 0.0678. The van der Waals surface area contributed by atoms with E-state index >= 15 is 0 Å². The summed E-state index contributed by atoms with van der Waals surface area (Å²) >= 11 is 0. The zero-order chi connectivity index (χ0) is 44.1. The van der Waals surface area contributed by atoms with Crippen LogP contribution in [0.1, 0.15) is 79.5 Å². The van der Waals surface area contributed by atoms with E-state index in [9.17, 15) is 45.1 Å². The number of benzene rings is 3. The van der Waals surface area contributed by atoms with Crippen molar-refractivity contribution in [3.05, 3.63) is 118 Å². The number of nitrogens with zero attached hydrogens (tertiary/aromatic N) is 2. The molecule has 3 amide bonds. The lowest BCUT2D eigenvalue weighted by Gasteiger charge is -2.48. The smallest absolute Gasteiger partial charge is 0.416 e. The van der Waals surface area contributed by atoms with Crippen molar-refractivity contribution in [3.8, 4) is 0 Å². The standard InChI is InChI=1S/C42H50F7N3O6Si/c1-27-20-32(43)14-15-33(27)34-24-40(50-37(54)57-26-28-12-10-9-11-13-28,17-16-35(36(53)56-6)58-59(7,8)39(2,3)4)18-19-52(34)38(55)51(5)25-29-21-30(41(44,45)46)23-31(22-29)42(47,48)49/h9-16,20-23,34H,17-19,24-26H2,1-8H3,(H,50,54)/b35-16-/t34-,40+/m1/s1. The van der Waals surface area contributed by atoms with Crippen LogP contribution in [-0.2, 0) is 44.2 Å². The van der Waals surface area contributed by atoms with Gasteiger partial charge in [-0.3, -0.25) is 0 Å². The molecular formula is C42H50F7N3O6Si. The summed E-state index contributed by atoms with van der Waals surface area (Å²) in [5, 5.41) is 2.65. The molecule has 1 aliphatic heterocycles. The third-order valence-electron chi connectivity index (χ3n) is 10.8. The van der Waals surface area contributed by atoms with Crippen LogP contribution in [0.3, 0.4) is 0 Å². The van der Waals surface area contributed by atoms with Gasteiger partial charge in [-0.05, 0) is 103 Å². The number of alkyl halides is 6. The largest absolute Gasteiger partial charge is 0.539 e. The van der Waals surface area contributed by atoms with Gasteiger partial charge in [-0.1, -0.05) is 57.2 Å². The van der Waals surface area contributed by atoms with Gasteiger partial charge in [0.2, 0.25) is 0 Å². The van der Waals surface area contributed by atoms with Crippen molar-refractivity contribution in [1.29, 1.82) is 0 Å². The van der Waals surface area contributed by atoms with Gasteiger partial charge in [0.1, 0.15) is 12.4 Å². The molecule has 3 aromatic carbocycles. The third-order valence-corrected chi connectivity index (χ3v) is 15.2. The fraction of sp³-hybridized carbons (Fsp3) is 0.452. The number of alkyl carbamates (subject to hydrolysis) is 1. The van der Waals surface area contributed by atoms with Crippen molar-refractivity contribution >= 4 is 26.4 Å². The first-order chi connectivity index (χ1) is 27.2. The molecule has 0 saturated carbocycles. The number of carbonyl (C=O) groups excluding carboxylic acids is 3. The fourth-order valence-electron chi connectivity index (χ4n) is 6.57. The summed E-state index contributed by atoms with van der Waals surface area (Å²) in [5.74, 6) is -1.39. The number of urea groups is 1. The van der Waals surface area contributed by atoms with Gasteiger partial charge >= 0.3 is 30.4 Å². The van der Waals surface area contributed by atoms with Crippen LogP contribution < -0.4 is 5.32 Å². The molecule has 1 fully saturated rings. The highest BCUT2D eigenvalue weighted by Gasteiger charge is 2.46. The Morgan fingerprint density at radius 3 is 2.08 bits per heavy atom. The Kier molecular flexibility index (Phi) is 14.3. The Balaban J connectivity index is 1.77. The van der Waals surface area contributed by atoms with E-state index in [1.165, 1.54) is 43.3 Å². The van der Waals surface area contributed by atoms with Crippen molar-refractivity contribution in [2.45, 2.75) is 102 Å². The van der Waals surface area contributed by atoms with Gasteiger partial charge in [0.15, 0.2) is 5.76 Å². The van der Waals surface area contributed by atoms with Crippen LogP contribution in [0.5, 0.6) is 0 Å². The molecule has 1 aliphatic rings. The summed E-state index contributed by atoms with van der Waals surface area (Å²) in [7, 11) is -0.167. The highest BCUT2D eigenvalue weighted by molar-refractivity contribution is 6.74. The van der Waals surface area contributed by atoms with E-state index in [0.717, 1.165) is 4.90 Å². The molecule has 3 aromatic rings. The number of ether oxygens (including phenoxy) is 2. The summed E-state index contributed by atoms with van der Waals surface area (Å²) in [6.45, 7) is 10.7. The molecule has 17 heteroatoms. The van der Waals surface area contributed by atoms with Crippen molar-refractivity contribution in [3.63, 3.8) is 0 Å². The Morgan fingerprint density at radius 1 is 0.932 bits per heavy atom. The van der Waals surface area contributed by atoms with Gasteiger partial charge in [-0.2, -0.15) is 26.3 Å². The van der Waals surface area contributed by atoms with E-state index in [1.807, 2.05) is 33.9 Å². The Morgan fingerprint density at radius 2 is 1.54 bits per heavy atom. The van der Waals surface area contributed by atoms with Crippen LogP contribution in [0.2, 0.25) is 18.1 Å². The van der Waals surface area contributed by atoms with Crippen LogP contribution in [0, 0.1) is 12.7 Å². The average Bonchev–Trinajstić information content (AvgIpc) is 3.14. The maximum absolute atomic E-state index is 14.5. The number of hydrogen-bond donors (Lipinski definition) is 1. The number of nitrogens with one attached hydrogen (secondary N) is 1. The molecule has 9 nitrogen and oxygen atoms in total. The summed E-state index contributed by atoms with van der Waals surface area (Å²) in [5.41, 5.74) is -3.11. The van der Waals surface area contributed by atoms with Crippen LogP contribution in [0.4, 0.5) is 40.3 Å². The summed E-state index contributed by atoms with van der Waals surface area (Å²) in [6.07, 6.45) is -9.52. The number of piperidine rings is 1. The second-order valence-electron chi connectivity index (χ2n) is 16.3. The molecule has 0 aliphatic carbocycles. The Labute approximate surface area is 340 Å². The normalized spacial score (nSPS) is 17.9. The minimum atomic E-state index is -5.09. The minimum Gasteiger partial charge on any atom is -0.539 e. The van der Waals surface area contributed by atoms with Crippen molar-refractivity contribution in [2.75, 3.05) is 20.7 Å². The lowest BCUT2D eigenvalue weighted by molar-refractivity contribution is -0.143. The second-order valence-corrected chi connectivity index (χ2v) is 21.0. The van der Waals surface area contributed by atoms with Crippen LogP contribution in [0.15, 0.2) is 78.6 Å². The average molecular weight is 854 g/mol. The van der Waals surface area contributed by atoms with E-state index in [4.69, 9.17) is 13.9 Å². The second kappa shape index (κ2) is 18.1. The number of aryl methyl sites for hydroxylation is 1. The van der Waals surface area contributed by atoms with Crippen LogP contribution in [-0.4, -0.2) is 62.5 Å². The van der Waals surface area contributed by atoms with Gasteiger partial charge in [-0.25, -0.2) is 18.8 Å². The first-order valence-corrected chi connectivity index (χ1v) is 21.7. The van der Waals surface area contributed by atoms with E-state index in [-0.39, 0.29) is 49.3 Å². The zero-order valence-corrected chi connectivity index (χ0v) is 35.2. The molecule has 1 heterocycles. The van der Waals surface area contributed by atoms with Gasteiger partial charge in [0.25, 0.3) is 8.32 Å². The maximum atomic E-state index is 14.5. The van der Waals surface area contributed by atoms with Crippen LogP contribution in [0.25, 0.3) is 0 Å². The van der Waals surface area contributed by atoms with E-state index < -0.39 is 79.4 Å². The number of halogens is 7. The number of esters is 1. The predicted molar refractivity (Wildman–Crippen MR) is 209 cm³/mol. The predicted octanol–water partition coefficient (Wildman–Crippen LogP) is 10.7. The van der Waals surface area contributed by atoms with E-state index in [0.29, 0.717) is 28.8 Å². The van der Waals surface area contributed by atoms with Gasteiger partial charge in [0, 0.05) is 20.1 Å².